The molecule has 7 heteroatoms. The number of rotatable bonds is 6. The number of amides is 2. The molecule has 1 aromatic carbocycles. The molecule has 20 heavy (non-hydrogen) atoms. The van der Waals surface area contributed by atoms with Crippen LogP contribution in [0, 0.1) is 11.7 Å². The molecule has 0 spiro atoms. The lowest BCUT2D eigenvalue weighted by Gasteiger charge is -2.09. The summed E-state index contributed by atoms with van der Waals surface area (Å²) in [6.07, 6.45) is 0. The lowest BCUT2D eigenvalue weighted by Crippen LogP contribution is -2.39. The molecule has 0 saturated carbocycles. The summed E-state index contributed by atoms with van der Waals surface area (Å²) in [5.74, 6) is -4.25. The van der Waals surface area contributed by atoms with Crippen LogP contribution < -0.4 is 10.6 Å². The lowest BCUT2D eigenvalue weighted by molar-refractivity contribution is -0.146. The number of carbonyl (C=O) groups is 3. The SMILES string of the molecule is CC(C(=O)O)C(=O)NCCNC(=O)c1ccccc1F. The number of nitrogens with one attached hydrogen (secondary N) is 2. The minimum Gasteiger partial charge on any atom is -0.481 e. The van der Waals surface area contributed by atoms with Crippen molar-refractivity contribution in [2.75, 3.05) is 13.1 Å². The molecular formula is C13H15FN2O4. The Morgan fingerprint density at radius 3 is 2.40 bits per heavy atom. The van der Waals surface area contributed by atoms with Gasteiger partial charge >= 0.3 is 5.97 Å². The van der Waals surface area contributed by atoms with E-state index >= 15 is 0 Å². The van der Waals surface area contributed by atoms with Crippen molar-refractivity contribution >= 4 is 17.8 Å². The van der Waals surface area contributed by atoms with E-state index in [2.05, 4.69) is 10.6 Å². The number of hydrogen-bond donors (Lipinski definition) is 3. The first-order valence-electron chi connectivity index (χ1n) is 5.96. The quantitative estimate of drug-likeness (QED) is 0.519. The van der Waals surface area contributed by atoms with Gasteiger partial charge in [0.15, 0.2) is 0 Å². The van der Waals surface area contributed by atoms with Gasteiger partial charge in [0.2, 0.25) is 5.91 Å². The molecule has 1 atom stereocenters. The van der Waals surface area contributed by atoms with Gasteiger partial charge in [-0.1, -0.05) is 12.1 Å². The molecule has 108 valence electrons. The van der Waals surface area contributed by atoms with Gasteiger partial charge in [-0.05, 0) is 19.1 Å². The van der Waals surface area contributed by atoms with Crippen molar-refractivity contribution in [2.24, 2.45) is 5.92 Å². The van der Waals surface area contributed by atoms with Crippen molar-refractivity contribution in [1.82, 2.24) is 10.6 Å². The maximum absolute atomic E-state index is 13.3. The van der Waals surface area contributed by atoms with E-state index in [9.17, 15) is 18.8 Å². The summed E-state index contributed by atoms with van der Waals surface area (Å²) in [7, 11) is 0. The van der Waals surface area contributed by atoms with Gasteiger partial charge in [-0.2, -0.15) is 0 Å². The second-order valence-electron chi connectivity index (χ2n) is 4.09. The molecule has 2 amide bonds. The Morgan fingerprint density at radius 1 is 1.20 bits per heavy atom. The van der Waals surface area contributed by atoms with Gasteiger partial charge in [-0.3, -0.25) is 14.4 Å². The third kappa shape index (κ3) is 4.34. The molecule has 0 heterocycles. The molecule has 0 bridgehead atoms. The molecule has 0 aromatic heterocycles. The summed E-state index contributed by atoms with van der Waals surface area (Å²) < 4.78 is 13.3. The predicted octanol–water partition coefficient (Wildman–Crippen LogP) is 0.392. The maximum Gasteiger partial charge on any atom is 0.315 e. The number of aliphatic carboxylic acids is 1. The average Bonchev–Trinajstić information content (AvgIpc) is 2.42. The average molecular weight is 282 g/mol. The van der Waals surface area contributed by atoms with Crippen LogP contribution in [-0.4, -0.2) is 36.0 Å². The Hall–Kier alpha value is -2.44. The number of halogens is 1. The van der Waals surface area contributed by atoms with Crippen molar-refractivity contribution in [3.63, 3.8) is 0 Å². The highest BCUT2D eigenvalue weighted by Gasteiger charge is 2.19. The fraction of sp³-hybridized carbons (Fsp3) is 0.308. The molecule has 6 nitrogen and oxygen atoms in total. The molecule has 0 aliphatic carbocycles. The van der Waals surface area contributed by atoms with E-state index in [-0.39, 0.29) is 18.7 Å². The Morgan fingerprint density at radius 2 is 1.80 bits per heavy atom. The standard InChI is InChI=1S/C13H15FN2O4/c1-8(13(19)20)11(17)15-6-7-16-12(18)9-4-2-3-5-10(9)14/h2-5,8H,6-7H2,1H3,(H,15,17)(H,16,18)(H,19,20). The number of carboxylic acid groups (broad SMARTS) is 1. The zero-order valence-electron chi connectivity index (χ0n) is 10.9. The van der Waals surface area contributed by atoms with Gasteiger partial charge in [-0.25, -0.2) is 4.39 Å². The fourth-order valence-electron chi connectivity index (χ4n) is 1.37. The molecule has 0 saturated heterocycles. The van der Waals surface area contributed by atoms with Crippen LogP contribution in [0.5, 0.6) is 0 Å². The molecule has 0 radical (unpaired) electrons. The molecule has 0 fully saturated rings. The third-order valence-corrected chi connectivity index (χ3v) is 2.59. The highest BCUT2D eigenvalue weighted by molar-refractivity contribution is 5.96. The first-order valence-corrected chi connectivity index (χ1v) is 5.96. The van der Waals surface area contributed by atoms with Crippen molar-refractivity contribution in [3.8, 4) is 0 Å². The van der Waals surface area contributed by atoms with Crippen molar-refractivity contribution in [2.45, 2.75) is 6.92 Å². The Balaban J connectivity index is 2.35. The topological polar surface area (TPSA) is 95.5 Å². The van der Waals surface area contributed by atoms with Gasteiger partial charge in [-0.15, -0.1) is 0 Å². The van der Waals surface area contributed by atoms with Gasteiger partial charge in [0.1, 0.15) is 11.7 Å². The normalized spacial score (nSPS) is 11.5. The number of carboxylic acids is 1. The van der Waals surface area contributed by atoms with E-state index in [4.69, 9.17) is 5.11 Å². The Kier molecular flexibility index (Phi) is 5.64. The monoisotopic (exact) mass is 282 g/mol. The van der Waals surface area contributed by atoms with Crippen molar-refractivity contribution in [3.05, 3.63) is 35.6 Å². The van der Waals surface area contributed by atoms with E-state index < -0.39 is 29.5 Å². The van der Waals surface area contributed by atoms with Crippen LogP contribution in [0.15, 0.2) is 24.3 Å². The summed E-state index contributed by atoms with van der Waals surface area (Å²) in [5, 5.41) is 13.4. The van der Waals surface area contributed by atoms with E-state index in [1.54, 1.807) is 0 Å². The van der Waals surface area contributed by atoms with Crippen LogP contribution in [-0.2, 0) is 9.59 Å². The van der Waals surface area contributed by atoms with Crippen molar-refractivity contribution < 1.29 is 23.9 Å². The lowest BCUT2D eigenvalue weighted by atomic mass is 10.2. The number of benzene rings is 1. The Bertz CT molecular complexity index is 519. The second kappa shape index (κ2) is 7.22. The summed E-state index contributed by atoms with van der Waals surface area (Å²) in [6, 6.07) is 5.52. The number of carbonyl (C=O) groups excluding carboxylic acids is 2. The third-order valence-electron chi connectivity index (χ3n) is 2.59. The van der Waals surface area contributed by atoms with Gasteiger partial charge < -0.3 is 15.7 Å². The summed E-state index contributed by atoms with van der Waals surface area (Å²) in [5.41, 5.74) is -0.0854. The van der Waals surface area contributed by atoms with Gasteiger partial charge in [0, 0.05) is 13.1 Å². The summed E-state index contributed by atoms with van der Waals surface area (Å²) in [6.45, 7) is 1.40. The largest absolute Gasteiger partial charge is 0.481 e. The van der Waals surface area contributed by atoms with Crippen LogP contribution >= 0.6 is 0 Å². The first kappa shape index (κ1) is 15.6. The molecule has 1 rings (SSSR count). The van der Waals surface area contributed by atoms with Crippen LogP contribution in [0.1, 0.15) is 17.3 Å². The highest BCUT2D eigenvalue weighted by Crippen LogP contribution is 2.05. The second-order valence-corrected chi connectivity index (χ2v) is 4.09. The van der Waals surface area contributed by atoms with E-state index in [0.29, 0.717) is 0 Å². The van der Waals surface area contributed by atoms with Gasteiger partial charge in [0.05, 0.1) is 5.56 Å². The summed E-state index contributed by atoms with van der Waals surface area (Å²) >= 11 is 0. The van der Waals surface area contributed by atoms with Crippen LogP contribution in [0.25, 0.3) is 0 Å². The molecule has 0 aliphatic rings. The predicted molar refractivity (Wildman–Crippen MR) is 68.5 cm³/mol. The Labute approximate surface area is 115 Å². The molecule has 3 N–H and O–H groups in total. The maximum atomic E-state index is 13.3. The highest BCUT2D eigenvalue weighted by atomic mass is 19.1. The minimum atomic E-state index is -1.22. The fourth-order valence-corrected chi connectivity index (χ4v) is 1.37. The zero-order valence-corrected chi connectivity index (χ0v) is 10.9. The van der Waals surface area contributed by atoms with Crippen LogP contribution in [0.4, 0.5) is 4.39 Å². The van der Waals surface area contributed by atoms with Crippen LogP contribution in [0.3, 0.4) is 0 Å². The smallest absolute Gasteiger partial charge is 0.315 e. The van der Waals surface area contributed by atoms with E-state index in [0.717, 1.165) is 0 Å². The van der Waals surface area contributed by atoms with Crippen LogP contribution in [0.2, 0.25) is 0 Å². The molecule has 1 unspecified atom stereocenters. The minimum absolute atomic E-state index is 0.0661. The first-order chi connectivity index (χ1) is 9.43. The molecule has 0 aliphatic heterocycles. The summed E-state index contributed by atoms with van der Waals surface area (Å²) in [4.78, 5) is 33.4. The van der Waals surface area contributed by atoms with Crippen molar-refractivity contribution in [1.29, 1.82) is 0 Å². The number of hydrogen-bond acceptors (Lipinski definition) is 3. The zero-order chi connectivity index (χ0) is 15.1. The van der Waals surface area contributed by atoms with E-state index in [1.807, 2.05) is 0 Å². The molecular weight excluding hydrogens is 267 g/mol. The van der Waals surface area contributed by atoms with Gasteiger partial charge in [0.25, 0.3) is 5.91 Å². The van der Waals surface area contributed by atoms with E-state index in [1.165, 1.54) is 31.2 Å². The molecule has 1 aromatic rings.